The molecular weight excluding hydrogens is 364 g/mol. The van der Waals surface area contributed by atoms with Crippen molar-refractivity contribution < 1.29 is 4.74 Å². The minimum absolute atomic E-state index is 0.360. The third kappa shape index (κ3) is 4.00. The van der Waals surface area contributed by atoms with Crippen LogP contribution in [0.5, 0.6) is 5.75 Å². The molecule has 3 rings (SSSR count). The Morgan fingerprint density at radius 1 is 1.25 bits per heavy atom. The summed E-state index contributed by atoms with van der Waals surface area (Å²) in [5.41, 5.74) is 3.71. The topological polar surface area (TPSA) is 33.3 Å². The van der Waals surface area contributed by atoms with E-state index in [0.29, 0.717) is 12.1 Å². The van der Waals surface area contributed by atoms with E-state index < -0.39 is 0 Å². The van der Waals surface area contributed by atoms with E-state index in [-0.39, 0.29) is 0 Å². The van der Waals surface area contributed by atoms with Crippen LogP contribution in [0.4, 0.5) is 0 Å². The lowest BCUT2D eigenvalue weighted by atomic mass is 9.92. The average molecular weight is 389 g/mol. The van der Waals surface area contributed by atoms with Crippen molar-refractivity contribution in [2.75, 3.05) is 13.7 Å². The van der Waals surface area contributed by atoms with Crippen LogP contribution >= 0.6 is 15.9 Å². The van der Waals surface area contributed by atoms with E-state index in [9.17, 15) is 0 Å². The summed E-state index contributed by atoms with van der Waals surface area (Å²) < 4.78 is 6.70. The van der Waals surface area contributed by atoms with Gasteiger partial charge < -0.3 is 15.4 Å². The maximum atomic E-state index is 5.61. The number of rotatable bonds is 5. The molecule has 0 saturated carbocycles. The lowest BCUT2D eigenvalue weighted by molar-refractivity contribution is 0.302. The molecule has 1 aliphatic rings. The number of methoxy groups -OCH3 is 1. The largest absolute Gasteiger partial charge is 0.496 e. The molecule has 1 heterocycles. The van der Waals surface area contributed by atoms with Gasteiger partial charge in [-0.3, -0.25) is 0 Å². The van der Waals surface area contributed by atoms with Gasteiger partial charge in [0.15, 0.2) is 0 Å². The average Bonchev–Trinajstić information content (AvgIpc) is 2.60. The highest BCUT2D eigenvalue weighted by Gasteiger charge is 2.25. The zero-order valence-electron chi connectivity index (χ0n) is 14.3. The van der Waals surface area contributed by atoms with E-state index in [1.165, 1.54) is 24.0 Å². The summed E-state index contributed by atoms with van der Waals surface area (Å²) in [6, 6.07) is 15.7. The zero-order valence-corrected chi connectivity index (χ0v) is 15.9. The molecule has 0 unspecified atom stereocenters. The molecule has 2 aromatic carbocycles. The van der Waals surface area contributed by atoms with E-state index in [2.05, 4.69) is 76.0 Å². The smallest absolute Gasteiger partial charge is 0.126 e. The highest BCUT2D eigenvalue weighted by atomic mass is 79.9. The summed E-state index contributed by atoms with van der Waals surface area (Å²) >= 11 is 3.60. The van der Waals surface area contributed by atoms with Crippen LogP contribution in [0, 0.1) is 6.92 Å². The van der Waals surface area contributed by atoms with Crippen molar-refractivity contribution in [3.05, 3.63) is 63.6 Å². The highest BCUT2D eigenvalue weighted by molar-refractivity contribution is 9.10. The van der Waals surface area contributed by atoms with Gasteiger partial charge in [-0.2, -0.15) is 0 Å². The molecule has 0 bridgehead atoms. The van der Waals surface area contributed by atoms with Crippen LogP contribution in [-0.4, -0.2) is 19.7 Å². The van der Waals surface area contributed by atoms with E-state index in [1.807, 2.05) is 0 Å². The Morgan fingerprint density at radius 3 is 2.79 bits per heavy atom. The molecule has 2 N–H and O–H groups in total. The number of hydrogen-bond donors (Lipinski definition) is 2. The SMILES string of the molecule is COc1c(C)cc(Br)cc1CN[C@H]1CCCN[C@H]1c1ccccc1. The standard InChI is InChI=1S/C20H25BrN2O/c1-14-11-17(21)12-16(20(14)24-2)13-23-18-9-6-10-22-19(18)15-7-4-3-5-8-15/h3-5,7-8,11-12,18-19,22-23H,6,9-10,13H2,1-2H3/t18-,19-/m0/s1. The predicted molar refractivity (Wildman–Crippen MR) is 102 cm³/mol. The van der Waals surface area contributed by atoms with Crippen LogP contribution in [0.25, 0.3) is 0 Å². The van der Waals surface area contributed by atoms with Gasteiger partial charge in [-0.1, -0.05) is 46.3 Å². The van der Waals surface area contributed by atoms with Crippen molar-refractivity contribution in [1.29, 1.82) is 0 Å². The first kappa shape index (κ1) is 17.5. The van der Waals surface area contributed by atoms with Gasteiger partial charge in [0.05, 0.1) is 7.11 Å². The molecule has 0 aliphatic carbocycles. The number of halogens is 1. The van der Waals surface area contributed by atoms with Gasteiger partial charge in [-0.15, -0.1) is 0 Å². The van der Waals surface area contributed by atoms with Crippen molar-refractivity contribution in [2.45, 2.75) is 38.4 Å². The van der Waals surface area contributed by atoms with Crippen LogP contribution in [0.3, 0.4) is 0 Å². The molecule has 1 saturated heterocycles. The monoisotopic (exact) mass is 388 g/mol. The first-order valence-corrected chi connectivity index (χ1v) is 9.33. The first-order valence-electron chi connectivity index (χ1n) is 8.54. The molecule has 4 heteroatoms. The van der Waals surface area contributed by atoms with Crippen molar-refractivity contribution in [3.63, 3.8) is 0 Å². The van der Waals surface area contributed by atoms with E-state index in [1.54, 1.807) is 7.11 Å². The molecule has 0 amide bonds. The molecule has 0 aromatic heterocycles. The molecule has 24 heavy (non-hydrogen) atoms. The van der Waals surface area contributed by atoms with Crippen LogP contribution in [0.2, 0.25) is 0 Å². The molecular formula is C20H25BrN2O. The third-order valence-electron chi connectivity index (χ3n) is 4.69. The maximum absolute atomic E-state index is 5.61. The van der Waals surface area contributed by atoms with Crippen LogP contribution < -0.4 is 15.4 Å². The van der Waals surface area contributed by atoms with Crippen LogP contribution in [-0.2, 0) is 6.54 Å². The minimum atomic E-state index is 0.360. The number of piperidine rings is 1. The summed E-state index contributed by atoms with van der Waals surface area (Å²) in [5, 5.41) is 7.42. The van der Waals surface area contributed by atoms with E-state index in [0.717, 1.165) is 28.9 Å². The first-order chi connectivity index (χ1) is 11.7. The second-order valence-corrected chi connectivity index (χ2v) is 7.30. The molecule has 128 valence electrons. The molecule has 3 nitrogen and oxygen atoms in total. The normalized spacial score (nSPS) is 20.8. The Morgan fingerprint density at radius 2 is 2.04 bits per heavy atom. The molecule has 1 fully saturated rings. The minimum Gasteiger partial charge on any atom is -0.496 e. The summed E-state index contributed by atoms with van der Waals surface area (Å²) in [7, 11) is 1.74. The Kier molecular flexibility index (Phi) is 5.93. The Bertz CT molecular complexity index is 675. The van der Waals surface area contributed by atoms with Gasteiger partial charge in [-0.25, -0.2) is 0 Å². The Labute approximate surface area is 152 Å². The van der Waals surface area contributed by atoms with Crippen molar-refractivity contribution >= 4 is 15.9 Å². The van der Waals surface area contributed by atoms with Crippen LogP contribution in [0.1, 0.15) is 35.6 Å². The molecule has 0 radical (unpaired) electrons. The fourth-order valence-electron chi connectivity index (χ4n) is 3.58. The Balaban J connectivity index is 1.75. The second kappa shape index (κ2) is 8.15. The molecule has 0 spiro atoms. The van der Waals surface area contributed by atoms with Gasteiger partial charge >= 0.3 is 0 Å². The Hall–Kier alpha value is -1.36. The van der Waals surface area contributed by atoms with Crippen molar-refractivity contribution in [3.8, 4) is 5.75 Å². The molecule has 2 atom stereocenters. The van der Waals surface area contributed by atoms with Gasteiger partial charge in [0, 0.05) is 28.7 Å². The number of benzene rings is 2. The summed E-state index contributed by atoms with van der Waals surface area (Å²) in [6.45, 7) is 3.97. The van der Waals surface area contributed by atoms with E-state index in [4.69, 9.17) is 4.74 Å². The fraction of sp³-hybridized carbons (Fsp3) is 0.400. The molecule has 2 aromatic rings. The molecule has 1 aliphatic heterocycles. The van der Waals surface area contributed by atoms with Gasteiger partial charge in [-0.05, 0) is 49.6 Å². The number of ether oxygens (including phenoxy) is 1. The van der Waals surface area contributed by atoms with Crippen molar-refractivity contribution in [2.24, 2.45) is 0 Å². The lowest BCUT2D eigenvalue weighted by Crippen LogP contribution is -2.45. The van der Waals surface area contributed by atoms with E-state index >= 15 is 0 Å². The predicted octanol–water partition coefficient (Wildman–Crippen LogP) is 4.35. The fourth-order valence-corrected chi connectivity index (χ4v) is 4.20. The zero-order chi connectivity index (χ0) is 16.9. The quantitative estimate of drug-likeness (QED) is 0.798. The third-order valence-corrected chi connectivity index (χ3v) is 5.15. The van der Waals surface area contributed by atoms with Gasteiger partial charge in [0.2, 0.25) is 0 Å². The number of aryl methyl sites for hydroxylation is 1. The summed E-state index contributed by atoms with van der Waals surface area (Å²) in [5.74, 6) is 0.978. The van der Waals surface area contributed by atoms with Crippen LogP contribution in [0.15, 0.2) is 46.9 Å². The summed E-state index contributed by atoms with van der Waals surface area (Å²) in [4.78, 5) is 0. The maximum Gasteiger partial charge on any atom is 0.126 e. The lowest BCUT2D eigenvalue weighted by Gasteiger charge is -2.34. The highest BCUT2D eigenvalue weighted by Crippen LogP contribution is 2.29. The van der Waals surface area contributed by atoms with Gasteiger partial charge in [0.1, 0.15) is 5.75 Å². The van der Waals surface area contributed by atoms with Gasteiger partial charge in [0.25, 0.3) is 0 Å². The van der Waals surface area contributed by atoms with Crippen molar-refractivity contribution in [1.82, 2.24) is 10.6 Å². The summed E-state index contributed by atoms with van der Waals surface area (Å²) in [6.07, 6.45) is 2.39. The second-order valence-electron chi connectivity index (χ2n) is 6.39. The number of hydrogen-bond acceptors (Lipinski definition) is 3. The number of nitrogens with one attached hydrogen (secondary N) is 2.